The van der Waals surface area contributed by atoms with E-state index in [0.717, 1.165) is 15.4 Å². The highest BCUT2D eigenvalue weighted by atomic mass is 32.2. The summed E-state index contributed by atoms with van der Waals surface area (Å²) in [6.45, 7) is 0.569. The fourth-order valence-electron chi connectivity index (χ4n) is 1.21. The molecule has 0 aliphatic carbocycles. The standard InChI is InChI=1S/C11H11N3S/c12-5-9-2-1-3-10(4-9)15-11-6-13-8-14-7-11/h1-4,6-8H,5,12H2. The second kappa shape index (κ2) is 4.91. The van der Waals surface area contributed by atoms with Gasteiger partial charge in [0.25, 0.3) is 0 Å². The lowest BCUT2D eigenvalue weighted by Crippen LogP contribution is -1.95. The molecule has 1 heterocycles. The second-order valence-electron chi connectivity index (χ2n) is 3.03. The van der Waals surface area contributed by atoms with E-state index in [1.807, 2.05) is 12.1 Å². The number of hydrogen-bond donors (Lipinski definition) is 1. The lowest BCUT2D eigenvalue weighted by Gasteiger charge is -2.02. The van der Waals surface area contributed by atoms with Gasteiger partial charge in [-0.1, -0.05) is 23.9 Å². The fraction of sp³-hybridized carbons (Fsp3) is 0.0909. The Hall–Kier alpha value is -1.39. The summed E-state index contributed by atoms with van der Waals surface area (Å²) in [5.74, 6) is 0. The van der Waals surface area contributed by atoms with Gasteiger partial charge in [-0.15, -0.1) is 0 Å². The number of hydrogen-bond acceptors (Lipinski definition) is 4. The van der Waals surface area contributed by atoms with E-state index in [-0.39, 0.29) is 0 Å². The molecule has 2 aromatic rings. The molecular formula is C11H11N3S. The van der Waals surface area contributed by atoms with Gasteiger partial charge in [0.2, 0.25) is 0 Å². The summed E-state index contributed by atoms with van der Waals surface area (Å²) in [6, 6.07) is 8.16. The van der Waals surface area contributed by atoms with Gasteiger partial charge in [-0.05, 0) is 17.7 Å². The summed E-state index contributed by atoms with van der Waals surface area (Å²) in [5, 5.41) is 0. The van der Waals surface area contributed by atoms with Crippen molar-refractivity contribution >= 4 is 11.8 Å². The van der Waals surface area contributed by atoms with Crippen LogP contribution in [0.5, 0.6) is 0 Å². The first-order valence-corrected chi connectivity index (χ1v) is 5.42. The topological polar surface area (TPSA) is 51.8 Å². The molecule has 0 fully saturated rings. The van der Waals surface area contributed by atoms with Crippen molar-refractivity contribution in [1.82, 2.24) is 9.97 Å². The minimum Gasteiger partial charge on any atom is -0.326 e. The van der Waals surface area contributed by atoms with E-state index < -0.39 is 0 Å². The Morgan fingerprint density at radius 2 is 1.93 bits per heavy atom. The maximum Gasteiger partial charge on any atom is 0.115 e. The van der Waals surface area contributed by atoms with Crippen molar-refractivity contribution in [2.75, 3.05) is 0 Å². The van der Waals surface area contributed by atoms with E-state index in [1.165, 1.54) is 6.33 Å². The Morgan fingerprint density at radius 3 is 2.67 bits per heavy atom. The summed E-state index contributed by atoms with van der Waals surface area (Å²) in [5.41, 5.74) is 6.71. The molecule has 15 heavy (non-hydrogen) atoms. The van der Waals surface area contributed by atoms with Crippen LogP contribution in [0, 0.1) is 0 Å². The highest BCUT2D eigenvalue weighted by Crippen LogP contribution is 2.26. The van der Waals surface area contributed by atoms with Crippen LogP contribution in [0.15, 0.2) is 52.8 Å². The molecule has 0 spiro atoms. The number of nitrogens with zero attached hydrogens (tertiary/aromatic N) is 2. The zero-order valence-electron chi connectivity index (χ0n) is 8.13. The second-order valence-corrected chi connectivity index (χ2v) is 4.17. The van der Waals surface area contributed by atoms with Crippen LogP contribution in [-0.4, -0.2) is 9.97 Å². The van der Waals surface area contributed by atoms with E-state index >= 15 is 0 Å². The Morgan fingerprint density at radius 1 is 1.13 bits per heavy atom. The van der Waals surface area contributed by atoms with E-state index in [4.69, 9.17) is 5.73 Å². The molecule has 2 N–H and O–H groups in total. The first-order valence-electron chi connectivity index (χ1n) is 4.60. The largest absolute Gasteiger partial charge is 0.326 e. The quantitative estimate of drug-likeness (QED) is 0.855. The smallest absolute Gasteiger partial charge is 0.115 e. The van der Waals surface area contributed by atoms with Crippen molar-refractivity contribution in [1.29, 1.82) is 0 Å². The Labute approximate surface area is 92.8 Å². The van der Waals surface area contributed by atoms with Crippen LogP contribution in [0.2, 0.25) is 0 Å². The molecule has 0 radical (unpaired) electrons. The number of nitrogens with two attached hydrogens (primary N) is 1. The van der Waals surface area contributed by atoms with Gasteiger partial charge < -0.3 is 5.73 Å². The Bertz CT molecular complexity index is 431. The highest BCUT2D eigenvalue weighted by Gasteiger charge is 1.98. The van der Waals surface area contributed by atoms with Gasteiger partial charge in [-0.25, -0.2) is 9.97 Å². The molecule has 0 bridgehead atoms. The SMILES string of the molecule is NCc1cccc(Sc2cncnc2)c1. The summed E-state index contributed by atoms with van der Waals surface area (Å²) in [7, 11) is 0. The van der Waals surface area contributed by atoms with E-state index in [0.29, 0.717) is 6.54 Å². The summed E-state index contributed by atoms with van der Waals surface area (Å²) >= 11 is 1.64. The molecule has 0 aliphatic heterocycles. The molecule has 2 rings (SSSR count). The third-order valence-electron chi connectivity index (χ3n) is 1.91. The summed E-state index contributed by atoms with van der Waals surface area (Å²) in [6.07, 6.45) is 5.12. The van der Waals surface area contributed by atoms with Crippen LogP contribution in [-0.2, 0) is 6.54 Å². The minimum absolute atomic E-state index is 0.569. The molecule has 0 saturated carbocycles. The van der Waals surface area contributed by atoms with Gasteiger partial charge in [0, 0.05) is 28.7 Å². The lowest BCUT2D eigenvalue weighted by molar-refractivity contribution is 1.06. The van der Waals surface area contributed by atoms with Crippen LogP contribution < -0.4 is 5.73 Å². The molecule has 0 atom stereocenters. The molecule has 0 aliphatic rings. The van der Waals surface area contributed by atoms with E-state index in [2.05, 4.69) is 22.1 Å². The maximum absolute atomic E-state index is 5.58. The maximum atomic E-state index is 5.58. The van der Waals surface area contributed by atoms with E-state index in [9.17, 15) is 0 Å². The van der Waals surface area contributed by atoms with Crippen molar-refractivity contribution in [2.45, 2.75) is 16.3 Å². The third-order valence-corrected chi connectivity index (χ3v) is 2.84. The molecule has 4 heteroatoms. The van der Waals surface area contributed by atoms with Gasteiger partial charge in [0.15, 0.2) is 0 Å². The van der Waals surface area contributed by atoms with Crippen molar-refractivity contribution in [3.63, 3.8) is 0 Å². The predicted molar refractivity (Wildman–Crippen MR) is 60.5 cm³/mol. The van der Waals surface area contributed by atoms with Crippen molar-refractivity contribution in [2.24, 2.45) is 5.73 Å². The van der Waals surface area contributed by atoms with Crippen LogP contribution >= 0.6 is 11.8 Å². The first-order chi connectivity index (χ1) is 7.38. The normalized spacial score (nSPS) is 10.2. The molecule has 0 saturated heterocycles. The average Bonchev–Trinajstić information content (AvgIpc) is 2.31. The van der Waals surface area contributed by atoms with Gasteiger partial charge in [0.1, 0.15) is 6.33 Å². The zero-order chi connectivity index (χ0) is 10.5. The molecule has 0 unspecified atom stereocenters. The molecule has 1 aromatic heterocycles. The highest BCUT2D eigenvalue weighted by molar-refractivity contribution is 7.99. The summed E-state index contributed by atoms with van der Waals surface area (Å²) in [4.78, 5) is 10.1. The monoisotopic (exact) mass is 217 g/mol. The molecule has 3 nitrogen and oxygen atoms in total. The van der Waals surface area contributed by atoms with Gasteiger partial charge in [0.05, 0.1) is 0 Å². The van der Waals surface area contributed by atoms with E-state index in [1.54, 1.807) is 24.2 Å². The molecular weight excluding hydrogens is 206 g/mol. The van der Waals surface area contributed by atoms with Crippen molar-refractivity contribution in [3.05, 3.63) is 48.5 Å². The number of benzene rings is 1. The lowest BCUT2D eigenvalue weighted by atomic mass is 10.2. The van der Waals surface area contributed by atoms with Gasteiger partial charge in [-0.3, -0.25) is 0 Å². The fourth-order valence-corrected chi connectivity index (χ4v) is 2.07. The number of aromatic nitrogens is 2. The van der Waals surface area contributed by atoms with Crippen LogP contribution in [0.3, 0.4) is 0 Å². The Kier molecular flexibility index (Phi) is 3.32. The predicted octanol–water partition coefficient (Wildman–Crippen LogP) is 2.09. The average molecular weight is 217 g/mol. The molecule has 76 valence electrons. The first kappa shape index (κ1) is 10.1. The van der Waals surface area contributed by atoms with Crippen LogP contribution in [0.1, 0.15) is 5.56 Å². The Balaban J connectivity index is 2.17. The molecule has 1 aromatic carbocycles. The van der Waals surface area contributed by atoms with Gasteiger partial charge in [-0.2, -0.15) is 0 Å². The van der Waals surface area contributed by atoms with Crippen LogP contribution in [0.25, 0.3) is 0 Å². The molecule has 0 amide bonds. The van der Waals surface area contributed by atoms with Crippen molar-refractivity contribution in [3.8, 4) is 0 Å². The van der Waals surface area contributed by atoms with Crippen LogP contribution in [0.4, 0.5) is 0 Å². The summed E-state index contributed by atoms with van der Waals surface area (Å²) < 4.78 is 0. The van der Waals surface area contributed by atoms with Gasteiger partial charge >= 0.3 is 0 Å². The van der Waals surface area contributed by atoms with Crippen molar-refractivity contribution < 1.29 is 0 Å². The zero-order valence-corrected chi connectivity index (χ0v) is 8.95. The number of rotatable bonds is 3. The minimum atomic E-state index is 0.569. The third kappa shape index (κ3) is 2.78.